The van der Waals surface area contributed by atoms with Crippen molar-refractivity contribution in [3.05, 3.63) is 11.7 Å². The molecule has 0 aromatic carbocycles. The molecule has 2 N–H and O–H groups in total. The monoisotopic (exact) mass is 209 g/mol. The molecule has 1 aliphatic rings. The Kier molecular flexibility index (Phi) is 3.05. The number of nitrogens with zero attached hydrogens (tertiary/aromatic N) is 2. The van der Waals surface area contributed by atoms with E-state index in [0.29, 0.717) is 18.4 Å². The molecule has 1 saturated carbocycles. The van der Waals surface area contributed by atoms with Crippen molar-refractivity contribution in [1.82, 2.24) is 10.1 Å². The second-order valence-corrected chi connectivity index (χ2v) is 4.74. The third kappa shape index (κ3) is 2.20. The maximum Gasteiger partial charge on any atom is 0.230 e. The topological polar surface area (TPSA) is 64.9 Å². The summed E-state index contributed by atoms with van der Waals surface area (Å²) in [5, 5.41) is 4.06. The lowest BCUT2D eigenvalue weighted by molar-refractivity contribution is 0.353. The van der Waals surface area contributed by atoms with Gasteiger partial charge in [-0.3, -0.25) is 0 Å². The van der Waals surface area contributed by atoms with E-state index in [1.54, 1.807) is 0 Å². The molecule has 3 atom stereocenters. The van der Waals surface area contributed by atoms with Crippen molar-refractivity contribution in [1.29, 1.82) is 0 Å². The Morgan fingerprint density at radius 1 is 1.53 bits per heavy atom. The van der Waals surface area contributed by atoms with Crippen LogP contribution in [-0.2, 0) is 0 Å². The zero-order valence-corrected chi connectivity index (χ0v) is 9.44. The number of aromatic nitrogens is 2. The van der Waals surface area contributed by atoms with Gasteiger partial charge in [0.2, 0.25) is 5.89 Å². The molecule has 0 amide bonds. The van der Waals surface area contributed by atoms with Crippen molar-refractivity contribution in [3.8, 4) is 0 Å². The highest BCUT2D eigenvalue weighted by Crippen LogP contribution is 2.36. The largest absolute Gasteiger partial charge is 0.339 e. The Balaban J connectivity index is 2.07. The molecular weight excluding hydrogens is 190 g/mol. The standard InChI is InChI=1S/C11H19N3O/c1-7-3-4-9(5-7)10-13-11(15-14-10)8(2)6-12/h7-9H,3-6,12H2,1-2H3. The highest BCUT2D eigenvalue weighted by molar-refractivity contribution is 5.01. The summed E-state index contributed by atoms with van der Waals surface area (Å²) < 4.78 is 5.22. The van der Waals surface area contributed by atoms with Crippen molar-refractivity contribution >= 4 is 0 Å². The molecule has 1 aromatic rings. The molecule has 0 radical (unpaired) electrons. The van der Waals surface area contributed by atoms with E-state index >= 15 is 0 Å². The van der Waals surface area contributed by atoms with Gasteiger partial charge in [0.15, 0.2) is 5.82 Å². The average Bonchev–Trinajstić information content (AvgIpc) is 2.84. The molecule has 0 saturated heterocycles. The first kappa shape index (κ1) is 10.6. The second-order valence-electron chi connectivity index (χ2n) is 4.74. The van der Waals surface area contributed by atoms with E-state index in [9.17, 15) is 0 Å². The van der Waals surface area contributed by atoms with E-state index in [2.05, 4.69) is 17.1 Å². The van der Waals surface area contributed by atoms with Crippen molar-refractivity contribution in [2.75, 3.05) is 6.54 Å². The molecule has 15 heavy (non-hydrogen) atoms. The zero-order valence-electron chi connectivity index (χ0n) is 9.44. The van der Waals surface area contributed by atoms with E-state index in [4.69, 9.17) is 10.3 Å². The Morgan fingerprint density at radius 3 is 2.93 bits per heavy atom. The van der Waals surface area contributed by atoms with Crippen LogP contribution in [0.4, 0.5) is 0 Å². The maximum atomic E-state index is 5.56. The third-order valence-electron chi connectivity index (χ3n) is 3.29. The summed E-state index contributed by atoms with van der Waals surface area (Å²) in [5.41, 5.74) is 5.56. The summed E-state index contributed by atoms with van der Waals surface area (Å²) in [4.78, 5) is 4.44. The van der Waals surface area contributed by atoms with Crippen molar-refractivity contribution < 1.29 is 4.52 Å². The first-order valence-electron chi connectivity index (χ1n) is 5.74. The minimum Gasteiger partial charge on any atom is -0.339 e. The second kappa shape index (κ2) is 4.31. The van der Waals surface area contributed by atoms with E-state index in [1.165, 1.54) is 19.3 Å². The SMILES string of the molecule is CC1CCC(c2noc(C(C)CN)n2)C1. The van der Waals surface area contributed by atoms with Crippen LogP contribution in [0.5, 0.6) is 0 Å². The minimum absolute atomic E-state index is 0.171. The summed E-state index contributed by atoms with van der Waals surface area (Å²) in [6.45, 7) is 4.85. The fourth-order valence-electron chi connectivity index (χ4n) is 2.16. The predicted octanol–water partition coefficient (Wildman–Crippen LogP) is 2.04. The van der Waals surface area contributed by atoms with Gasteiger partial charge in [0.1, 0.15) is 0 Å². The molecule has 1 heterocycles. The van der Waals surface area contributed by atoms with Gasteiger partial charge in [0.05, 0.1) is 0 Å². The molecular formula is C11H19N3O. The molecule has 1 aromatic heterocycles. The summed E-state index contributed by atoms with van der Waals surface area (Å²) in [7, 11) is 0. The zero-order chi connectivity index (χ0) is 10.8. The van der Waals surface area contributed by atoms with Crippen LogP contribution in [0.1, 0.15) is 56.7 Å². The molecule has 3 unspecified atom stereocenters. The van der Waals surface area contributed by atoms with Gasteiger partial charge >= 0.3 is 0 Å². The van der Waals surface area contributed by atoms with Gasteiger partial charge in [0.25, 0.3) is 0 Å². The Hall–Kier alpha value is -0.900. The molecule has 1 fully saturated rings. The molecule has 4 heteroatoms. The lowest BCUT2D eigenvalue weighted by Crippen LogP contribution is -2.09. The number of hydrogen-bond acceptors (Lipinski definition) is 4. The van der Waals surface area contributed by atoms with E-state index in [0.717, 1.165) is 11.7 Å². The van der Waals surface area contributed by atoms with Gasteiger partial charge in [-0.25, -0.2) is 0 Å². The Labute approximate surface area is 90.2 Å². The van der Waals surface area contributed by atoms with Crippen LogP contribution in [0.2, 0.25) is 0 Å². The molecule has 84 valence electrons. The highest BCUT2D eigenvalue weighted by Gasteiger charge is 2.27. The fraction of sp³-hybridized carbons (Fsp3) is 0.818. The van der Waals surface area contributed by atoms with Gasteiger partial charge in [0, 0.05) is 18.4 Å². The van der Waals surface area contributed by atoms with E-state index in [1.807, 2.05) is 6.92 Å². The molecule has 4 nitrogen and oxygen atoms in total. The van der Waals surface area contributed by atoms with Gasteiger partial charge in [-0.15, -0.1) is 0 Å². The van der Waals surface area contributed by atoms with Crippen molar-refractivity contribution in [2.24, 2.45) is 11.7 Å². The number of hydrogen-bond donors (Lipinski definition) is 1. The third-order valence-corrected chi connectivity index (χ3v) is 3.29. The lowest BCUT2D eigenvalue weighted by Gasteiger charge is -2.02. The van der Waals surface area contributed by atoms with Gasteiger partial charge in [-0.05, 0) is 25.2 Å². The number of nitrogens with two attached hydrogens (primary N) is 1. The molecule has 0 aliphatic heterocycles. The quantitative estimate of drug-likeness (QED) is 0.827. The minimum atomic E-state index is 0.171. The maximum absolute atomic E-state index is 5.56. The van der Waals surface area contributed by atoms with Crippen molar-refractivity contribution in [2.45, 2.75) is 44.9 Å². The normalized spacial score (nSPS) is 28.2. The first-order valence-corrected chi connectivity index (χ1v) is 5.74. The van der Waals surface area contributed by atoms with E-state index in [-0.39, 0.29) is 5.92 Å². The van der Waals surface area contributed by atoms with Crippen molar-refractivity contribution in [3.63, 3.8) is 0 Å². The van der Waals surface area contributed by atoms with Crippen LogP contribution < -0.4 is 5.73 Å². The Morgan fingerprint density at radius 2 is 2.33 bits per heavy atom. The van der Waals surface area contributed by atoms with Gasteiger partial charge < -0.3 is 10.3 Å². The van der Waals surface area contributed by atoms with Crippen LogP contribution >= 0.6 is 0 Å². The number of rotatable bonds is 3. The van der Waals surface area contributed by atoms with Crippen LogP contribution in [0, 0.1) is 5.92 Å². The lowest BCUT2D eigenvalue weighted by atomic mass is 10.1. The molecule has 1 aliphatic carbocycles. The fourth-order valence-corrected chi connectivity index (χ4v) is 2.16. The Bertz CT molecular complexity index is 323. The molecule has 2 rings (SSSR count). The van der Waals surface area contributed by atoms with Gasteiger partial charge in [-0.2, -0.15) is 4.98 Å². The van der Waals surface area contributed by atoms with E-state index < -0.39 is 0 Å². The predicted molar refractivity (Wildman–Crippen MR) is 57.5 cm³/mol. The summed E-state index contributed by atoms with van der Waals surface area (Å²) in [6.07, 6.45) is 3.66. The summed E-state index contributed by atoms with van der Waals surface area (Å²) in [6, 6.07) is 0. The molecule has 0 spiro atoms. The average molecular weight is 209 g/mol. The summed E-state index contributed by atoms with van der Waals surface area (Å²) in [5.74, 6) is 3.04. The highest BCUT2D eigenvalue weighted by atomic mass is 16.5. The van der Waals surface area contributed by atoms with Crippen LogP contribution in [0.15, 0.2) is 4.52 Å². The van der Waals surface area contributed by atoms with Crippen LogP contribution in [0.3, 0.4) is 0 Å². The van der Waals surface area contributed by atoms with Gasteiger partial charge in [-0.1, -0.05) is 19.0 Å². The first-order chi connectivity index (χ1) is 7.20. The molecule has 0 bridgehead atoms. The van der Waals surface area contributed by atoms with Crippen LogP contribution in [0.25, 0.3) is 0 Å². The summed E-state index contributed by atoms with van der Waals surface area (Å²) >= 11 is 0. The smallest absolute Gasteiger partial charge is 0.230 e. The van der Waals surface area contributed by atoms with Crippen LogP contribution in [-0.4, -0.2) is 16.7 Å².